The number of pyridine rings is 1. The minimum Gasteiger partial charge on any atom is -0.324 e. The molecule has 1 aliphatic heterocycles. The number of hydrogen-bond donors (Lipinski definition) is 3. The lowest BCUT2D eigenvalue weighted by Gasteiger charge is -2.28. The minimum absolute atomic E-state index is 0.328. The normalized spacial score (nSPS) is 15.9. The molecule has 0 radical (unpaired) electrons. The zero-order chi connectivity index (χ0) is 19.0. The Morgan fingerprint density at radius 2 is 2.04 bits per heavy atom. The maximum atomic E-state index is 12.5. The van der Waals surface area contributed by atoms with E-state index in [2.05, 4.69) is 15.3 Å². The molecule has 3 aromatic rings. The van der Waals surface area contributed by atoms with Crippen molar-refractivity contribution in [3.05, 3.63) is 85.8 Å². The SMILES string of the molecule is Cc1ccc(-n2c3c(c(=O)[nH]c2=O)C[NH+](Cc2cccnc2)CN3)cc1C. The van der Waals surface area contributed by atoms with Crippen LogP contribution in [0.5, 0.6) is 0 Å². The van der Waals surface area contributed by atoms with E-state index in [0.29, 0.717) is 24.6 Å². The summed E-state index contributed by atoms with van der Waals surface area (Å²) in [4.78, 5) is 32.8. The lowest BCUT2D eigenvalue weighted by atomic mass is 10.1. The highest BCUT2D eigenvalue weighted by atomic mass is 16.2. The molecule has 7 heteroatoms. The lowest BCUT2D eigenvalue weighted by Crippen LogP contribution is -3.11. The quantitative estimate of drug-likeness (QED) is 0.632. The van der Waals surface area contributed by atoms with Crippen LogP contribution in [0.3, 0.4) is 0 Å². The monoisotopic (exact) mass is 364 g/mol. The number of hydrogen-bond acceptors (Lipinski definition) is 4. The zero-order valence-corrected chi connectivity index (χ0v) is 15.4. The van der Waals surface area contributed by atoms with Gasteiger partial charge < -0.3 is 10.2 Å². The van der Waals surface area contributed by atoms with Crippen LogP contribution >= 0.6 is 0 Å². The van der Waals surface area contributed by atoms with Crippen LogP contribution in [-0.2, 0) is 13.1 Å². The summed E-state index contributed by atoms with van der Waals surface area (Å²) in [7, 11) is 0. The van der Waals surface area contributed by atoms with Gasteiger partial charge in [0.15, 0.2) is 6.67 Å². The molecule has 138 valence electrons. The topological polar surface area (TPSA) is 84.2 Å². The molecule has 3 N–H and O–H groups in total. The van der Waals surface area contributed by atoms with Crippen LogP contribution in [0.15, 0.2) is 52.3 Å². The molecule has 0 spiro atoms. The van der Waals surface area contributed by atoms with Gasteiger partial charge in [-0.05, 0) is 43.2 Å². The molecule has 0 bridgehead atoms. The molecule has 0 aliphatic carbocycles. The highest BCUT2D eigenvalue weighted by Gasteiger charge is 2.26. The molecule has 1 aliphatic rings. The van der Waals surface area contributed by atoms with E-state index in [1.807, 2.05) is 50.4 Å². The number of aryl methyl sites for hydroxylation is 2. The predicted octanol–water partition coefficient (Wildman–Crippen LogP) is 0.506. The first-order valence-corrected chi connectivity index (χ1v) is 8.95. The summed E-state index contributed by atoms with van der Waals surface area (Å²) in [6, 6.07) is 9.78. The average molecular weight is 364 g/mol. The van der Waals surface area contributed by atoms with E-state index in [4.69, 9.17) is 0 Å². The van der Waals surface area contributed by atoms with Crippen molar-refractivity contribution >= 4 is 5.82 Å². The molecule has 0 amide bonds. The molecule has 3 heterocycles. The standard InChI is InChI=1S/C20H21N5O2/c1-13-5-6-16(8-14(13)2)25-18-17(19(26)23-20(25)27)11-24(12-22-18)10-15-4-3-7-21-9-15/h3-9,22H,10-12H2,1-2H3,(H,23,26,27)/p+1. The molecular weight excluding hydrogens is 342 g/mol. The smallest absolute Gasteiger partial charge is 0.324 e. The van der Waals surface area contributed by atoms with Gasteiger partial charge in [0.05, 0.1) is 5.69 Å². The number of quaternary nitrogens is 1. The highest BCUT2D eigenvalue weighted by Crippen LogP contribution is 2.19. The first-order chi connectivity index (χ1) is 13.0. The first-order valence-electron chi connectivity index (χ1n) is 8.95. The molecule has 4 rings (SSSR count). The van der Waals surface area contributed by atoms with Crippen molar-refractivity contribution in [3.63, 3.8) is 0 Å². The largest absolute Gasteiger partial charge is 0.334 e. The van der Waals surface area contributed by atoms with Crippen molar-refractivity contribution < 1.29 is 4.90 Å². The van der Waals surface area contributed by atoms with Gasteiger partial charge in [-0.3, -0.25) is 14.8 Å². The van der Waals surface area contributed by atoms with Gasteiger partial charge in [-0.15, -0.1) is 0 Å². The number of anilines is 1. The number of rotatable bonds is 3. The number of H-pyrrole nitrogens is 1. The zero-order valence-electron chi connectivity index (χ0n) is 15.4. The van der Waals surface area contributed by atoms with E-state index >= 15 is 0 Å². The van der Waals surface area contributed by atoms with Gasteiger partial charge in [-0.25, -0.2) is 9.36 Å². The summed E-state index contributed by atoms with van der Waals surface area (Å²) in [6.07, 6.45) is 3.58. The Morgan fingerprint density at radius 3 is 2.78 bits per heavy atom. The summed E-state index contributed by atoms with van der Waals surface area (Å²) in [6.45, 7) is 5.95. The third kappa shape index (κ3) is 3.29. The second-order valence-corrected chi connectivity index (χ2v) is 7.01. The Labute approximate surface area is 156 Å². The van der Waals surface area contributed by atoms with Crippen LogP contribution in [0.1, 0.15) is 22.3 Å². The van der Waals surface area contributed by atoms with Gasteiger partial charge in [0, 0.05) is 18.0 Å². The molecule has 1 unspecified atom stereocenters. The number of nitrogens with one attached hydrogen (secondary N) is 3. The molecule has 27 heavy (non-hydrogen) atoms. The first kappa shape index (κ1) is 17.2. The van der Waals surface area contributed by atoms with E-state index in [9.17, 15) is 9.59 Å². The summed E-state index contributed by atoms with van der Waals surface area (Å²) < 4.78 is 1.56. The van der Waals surface area contributed by atoms with Crippen LogP contribution < -0.4 is 21.5 Å². The molecule has 1 aromatic carbocycles. The van der Waals surface area contributed by atoms with Gasteiger partial charge in [0.25, 0.3) is 5.56 Å². The fourth-order valence-corrected chi connectivity index (χ4v) is 3.47. The van der Waals surface area contributed by atoms with Crippen molar-refractivity contribution in [2.75, 3.05) is 12.0 Å². The minimum atomic E-state index is -0.426. The average Bonchev–Trinajstić information content (AvgIpc) is 2.66. The summed E-state index contributed by atoms with van der Waals surface area (Å²) in [5, 5.41) is 3.30. The van der Waals surface area contributed by atoms with E-state index < -0.39 is 5.69 Å². The Morgan fingerprint density at radius 1 is 1.19 bits per heavy atom. The maximum Gasteiger partial charge on any atom is 0.334 e. The van der Waals surface area contributed by atoms with Crippen LogP contribution in [0.2, 0.25) is 0 Å². The van der Waals surface area contributed by atoms with Gasteiger partial charge in [0.1, 0.15) is 24.5 Å². The summed E-state index contributed by atoms with van der Waals surface area (Å²) >= 11 is 0. The van der Waals surface area contributed by atoms with Crippen molar-refractivity contribution in [2.45, 2.75) is 26.9 Å². The van der Waals surface area contributed by atoms with Crippen LogP contribution in [0.25, 0.3) is 5.69 Å². The van der Waals surface area contributed by atoms with Crippen molar-refractivity contribution in [1.82, 2.24) is 14.5 Å². The van der Waals surface area contributed by atoms with Gasteiger partial charge in [0.2, 0.25) is 0 Å². The molecule has 2 aromatic heterocycles. The van der Waals surface area contributed by atoms with Gasteiger partial charge in [-0.1, -0.05) is 12.1 Å². The Hall–Kier alpha value is -3.19. The predicted molar refractivity (Wildman–Crippen MR) is 103 cm³/mol. The summed E-state index contributed by atoms with van der Waals surface area (Å²) in [5.41, 5.74) is 3.95. The van der Waals surface area contributed by atoms with Crippen molar-refractivity contribution in [3.8, 4) is 5.69 Å². The summed E-state index contributed by atoms with van der Waals surface area (Å²) in [5.74, 6) is 0.585. The van der Waals surface area contributed by atoms with E-state index in [-0.39, 0.29) is 5.56 Å². The molecule has 7 nitrogen and oxygen atoms in total. The molecule has 0 saturated carbocycles. The van der Waals surface area contributed by atoms with Gasteiger partial charge in [-0.2, -0.15) is 0 Å². The molecule has 0 saturated heterocycles. The van der Waals surface area contributed by atoms with Gasteiger partial charge >= 0.3 is 5.69 Å². The van der Waals surface area contributed by atoms with E-state index in [1.54, 1.807) is 10.8 Å². The number of nitrogens with zero attached hydrogens (tertiary/aromatic N) is 2. The van der Waals surface area contributed by atoms with E-state index in [1.165, 1.54) is 4.90 Å². The Balaban J connectivity index is 1.73. The van der Waals surface area contributed by atoms with Crippen molar-refractivity contribution in [2.24, 2.45) is 0 Å². The van der Waals surface area contributed by atoms with E-state index in [0.717, 1.165) is 28.9 Å². The number of aromatic nitrogens is 3. The molecule has 0 fully saturated rings. The number of aromatic amines is 1. The maximum absolute atomic E-state index is 12.5. The highest BCUT2D eigenvalue weighted by molar-refractivity contribution is 5.52. The van der Waals surface area contributed by atoms with Crippen LogP contribution in [0, 0.1) is 13.8 Å². The van der Waals surface area contributed by atoms with Crippen LogP contribution in [0.4, 0.5) is 5.82 Å². The third-order valence-corrected chi connectivity index (χ3v) is 5.07. The fraction of sp³-hybridized carbons (Fsp3) is 0.250. The van der Waals surface area contributed by atoms with Crippen LogP contribution in [-0.4, -0.2) is 21.2 Å². The fourth-order valence-electron chi connectivity index (χ4n) is 3.47. The Kier molecular flexibility index (Phi) is 4.37. The number of fused-ring (bicyclic) bond motifs is 1. The Bertz CT molecular complexity index is 1100. The lowest BCUT2D eigenvalue weighted by molar-refractivity contribution is -0.926. The molecular formula is C20H22N5O2+. The second-order valence-electron chi connectivity index (χ2n) is 7.01. The molecule has 1 atom stereocenters. The third-order valence-electron chi connectivity index (χ3n) is 5.07. The van der Waals surface area contributed by atoms with Crippen molar-refractivity contribution in [1.29, 1.82) is 0 Å². The number of benzene rings is 1. The second kappa shape index (κ2) is 6.85.